The summed E-state index contributed by atoms with van der Waals surface area (Å²) in [6.07, 6.45) is 1.10. The maximum absolute atomic E-state index is 11.6. The van der Waals surface area contributed by atoms with Gasteiger partial charge < -0.3 is 4.48 Å². The van der Waals surface area contributed by atoms with Crippen LogP contribution < -0.4 is 4.84 Å². The molecule has 14 heavy (non-hydrogen) atoms. The van der Waals surface area contributed by atoms with Crippen molar-refractivity contribution in [2.45, 2.75) is 32.2 Å². The zero-order valence-electron chi connectivity index (χ0n) is 9.85. The molecule has 0 saturated carbocycles. The molecule has 0 saturated heterocycles. The van der Waals surface area contributed by atoms with Crippen LogP contribution in [0.2, 0.25) is 0 Å². The Labute approximate surface area is 92.1 Å². The number of rotatable bonds is 6. The fraction of sp³-hybridized carbons (Fsp3) is 0.900. The van der Waals surface area contributed by atoms with Crippen molar-refractivity contribution in [2.24, 2.45) is 0 Å². The lowest BCUT2D eigenvalue weighted by molar-refractivity contribution is -0.869. The molecule has 0 aliphatic carbocycles. The number of quaternary nitrogens is 1. The molecule has 0 amide bonds. The minimum atomic E-state index is -0.302. The van der Waals surface area contributed by atoms with E-state index in [4.69, 9.17) is 11.8 Å². The van der Waals surface area contributed by atoms with Crippen LogP contribution in [0.3, 0.4) is 0 Å². The molecule has 1 N–H and O–H groups in total. The third kappa shape index (κ3) is 7.30. The molecule has 0 aliphatic rings. The van der Waals surface area contributed by atoms with Gasteiger partial charge in [-0.25, -0.2) is 4.84 Å². The minimum Gasteiger partial charge on any atom is -0.331 e. The van der Waals surface area contributed by atoms with Gasteiger partial charge in [-0.05, 0) is 25.6 Å². The van der Waals surface area contributed by atoms with Crippen molar-refractivity contribution in [1.29, 1.82) is 0 Å². The van der Waals surface area contributed by atoms with Crippen molar-refractivity contribution in [2.75, 3.05) is 27.7 Å². The number of nitrogens with one attached hydrogen (secondary N) is 1. The fourth-order valence-corrected chi connectivity index (χ4v) is 1.14. The van der Waals surface area contributed by atoms with Crippen LogP contribution in [-0.2, 0) is 4.79 Å². The van der Waals surface area contributed by atoms with E-state index in [1.54, 1.807) is 0 Å². The van der Waals surface area contributed by atoms with E-state index in [9.17, 15) is 4.79 Å². The van der Waals surface area contributed by atoms with E-state index in [1.807, 2.05) is 13.8 Å². The van der Waals surface area contributed by atoms with Gasteiger partial charge in [-0.3, -0.25) is 4.79 Å². The van der Waals surface area contributed by atoms with Gasteiger partial charge in [-0.1, -0.05) is 0 Å². The van der Waals surface area contributed by atoms with Crippen LogP contribution in [0.5, 0.6) is 0 Å². The lowest BCUT2D eigenvalue weighted by Crippen LogP contribution is -2.39. The summed E-state index contributed by atoms with van der Waals surface area (Å²) in [6, 6.07) is 0. The topological polar surface area (TPSA) is 29.1 Å². The van der Waals surface area contributed by atoms with Gasteiger partial charge in [0.1, 0.15) is 5.78 Å². The Balaban J connectivity index is 3.89. The molecule has 0 aromatic heterocycles. The summed E-state index contributed by atoms with van der Waals surface area (Å²) in [7, 11) is 6.24. The maximum Gasteiger partial charge on any atom is 0.140 e. The molecule has 4 heteroatoms. The molecule has 0 atom stereocenters. The number of nitrogens with zero attached hydrogens (tertiary/aromatic N) is 1. The second kappa shape index (κ2) is 5.10. The van der Waals surface area contributed by atoms with Gasteiger partial charge in [0.15, 0.2) is 0 Å². The Bertz CT molecular complexity index is 197. The highest BCUT2D eigenvalue weighted by Crippen LogP contribution is 2.11. The highest BCUT2D eigenvalue weighted by Gasteiger charge is 2.21. The summed E-state index contributed by atoms with van der Waals surface area (Å²) >= 11 is 5.52. The van der Waals surface area contributed by atoms with Gasteiger partial charge in [0.2, 0.25) is 0 Å². The van der Waals surface area contributed by atoms with E-state index >= 15 is 0 Å². The first-order valence-corrected chi connectivity index (χ1v) is 5.24. The first-order chi connectivity index (χ1) is 6.16. The molecule has 0 aliphatic heterocycles. The number of halogens is 1. The molecule has 0 heterocycles. The standard InChI is InChI=1S/C10H22ClN2O/c1-10(2,12-11)8-9(14)6-7-13(3,4)5/h12H,6-8H2,1-5H3/q+1. The van der Waals surface area contributed by atoms with Crippen molar-refractivity contribution in [1.82, 2.24) is 4.84 Å². The summed E-state index contributed by atoms with van der Waals surface area (Å²) in [5.74, 6) is 0.260. The summed E-state index contributed by atoms with van der Waals surface area (Å²) < 4.78 is 0.820. The van der Waals surface area contributed by atoms with Crippen LogP contribution in [0.15, 0.2) is 0 Å². The number of ketones is 1. The number of Topliss-reactive ketones (excluding diaryl/α,β-unsaturated/α-hetero) is 1. The Morgan fingerprint density at radius 3 is 2.21 bits per heavy atom. The van der Waals surface area contributed by atoms with Crippen molar-refractivity contribution < 1.29 is 9.28 Å². The van der Waals surface area contributed by atoms with Crippen LogP contribution in [0, 0.1) is 0 Å². The average molecular weight is 222 g/mol. The minimum absolute atomic E-state index is 0.260. The van der Waals surface area contributed by atoms with E-state index in [0.717, 1.165) is 11.0 Å². The quantitative estimate of drug-likeness (QED) is 0.545. The van der Waals surface area contributed by atoms with Gasteiger partial charge in [-0.15, -0.1) is 0 Å². The third-order valence-corrected chi connectivity index (χ3v) is 2.47. The first-order valence-electron chi connectivity index (χ1n) is 4.86. The van der Waals surface area contributed by atoms with Gasteiger partial charge >= 0.3 is 0 Å². The summed E-state index contributed by atoms with van der Waals surface area (Å²) in [4.78, 5) is 14.2. The van der Waals surface area contributed by atoms with Crippen molar-refractivity contribution in [3.63, 3.8) is 0 Å². The molecule has 0 bridgehead atoms. The number of carbonyl (C=O) groups is 1. The second-order valence-corrected chi connectivity index (χ2v) is 5.65. The van der Waals surface area contributed by atoms with Crippen molar-refractivity contribution in [3.8, 4) is 0 Å². The van der Waals surface area contributed by atoms with Gasteiger partial charge in [-0.2, -0.15) is 0 Å². The molecule has 0 radical (unpaired) electrons. The monoisotopic (exact) mass is 221 g/mol. The Morgan fingerprint density at radius 1 is 1.36 bits per heavy atom. The molecule has 0 spiro atoms. The van der Waals surface area contributed by atoms with E-state index in [1.165, 1.54) is 0 Å². The Morgan fingerprint density at radius 2 is 1.86 bits per heavy atom. The molecule has 0 aromatic rings. The molecule has 0 unspecified atom stereocenters. The largest absolute Gasteiger partial charge is 0.331 e. The zero-order valence-corrected chi connectivity index (χ0v) is 10.6. The predicted molar refractivity (Wildman–Crippen MR) is 60.2 cm³/mol. The van der Waals surface area contributed by atoms with Gasteiger partial charge in [0, 0.05) is 12.0 Å². The van der Waals surface area contributed by atoms with E-state index in [2.05, 4.69) is 26.0 Å². The van der Waals surface area contributed by atoms with Crippen LogP contribution >= 0.6 is 11.8 Å². The van der Waals surface area contributed by atoms with Crippen LogP contribution in [0.1, 0.15) is 26.7 Å². The van der Waals surface area contributed by atoms with Crippen molar-refractivity contribution >= 4 is 17.6 Å². The third-order valence-electron chi connectivity index (χ3n) is 1.96. The molecule has 0 rings (SSSR count). The van der Waals surface area contributed by atoms with Gasteiger partial charge in [0.05, 0.1) is 34.1 Å². The lowest BCUT2D eigenvalue weighted by Gasteiger charge is -2.25. The Kier molecular flexibility index (Phi) is 5.06. The van der Waals surface area contributed by atoms with Gasteiger partial charge in [0.25, 0.3) is 0 Å². The summed E-state index contributed by atoms with van der Waals surface area (Å²) in [5.41, 5.74) is -0.302. The van der Waals surface area contributed by atoms with E-state index < -0.39 is 0 Å². The Hall–Kier alpha value is -0.120. The lowest BCUT2D eigenvalue weighted by atomic mass is 9.97. The van der Waals surface area contributed by atoms with Crippen molar-refractivity contribution in [3.05, 3.63) is 0 Å². The number of hydrogen-bond donors (Lipinski definition) is 1. The number of carbonyl (C=O) groups excluding carboxylic acids is 1. The molecular formula is C10H22ClN2O+. The molecule has 0 aromatic carbocycles. The molecular weight excluding hydrogens is 200 g/mol. The second-order valence-electron chi connectivity index (χ2n) is 5.46. The smallest absolute Gasteiger partial charge is 0.140 e. The number of hydrogen-bond acceptors (Lipinski definition) is 2. The highest BCUT2D eigenvalue weighted by atomic mass is 35.5. The first kappa shape index (κ1) is 13.9. The van der Waals surface area contributed by atoms with E-state index in [0.29, 0.717) is 12.8 Å². The van der Waals surface area contributed by atoms with E-state index in [-0.39, 0.29) is 11.3 Å². The predicted octanol–water partition coefficient (Wildman–Crippen LogP) is 1.56. The average Bonchev–Trinajstić information content (AvgIpc) is 1.99. The van der Waals surface area contributed by atoms with Crippen LogP contribution in [0.4, 0.5) is 0 Å². The fourth-order valence-electron chi connectivity index (χ4n) is 1.07. The van der Waals surface area contributed by atoms with Crippen LogP contribution in [0.25, 0.3) is 0 Å². The zero-order chi connectivity index (χ0) is 11.4. The maximum atomic E-state index is 11.6. The molecule has 3 nitrogen and oxygen atoms in total. The summed E-state index contributed by atoms with van der Waals surface area (Å²) in [5, 5.41) is 0. The molecule has 84 valence electrons. The highest BCUT2D eigenvalue weighted by molar-refractivity contribution is 6.14. The summed E-state index contributed by atoms with van der Waals surface area (Å²) in [6.45, 7) is 4.71. The molecule has 0 fully saturated rings. The van der Waals surface area contributed by atoms with Crippen LogP contribution in [-0.4, -0.2) is 43.5 Å². The normalized spacial score (nSPS) is 13.0. The SMILES string of the molecule is CC(C)(CC(=O)CC[N+](C)(C)C)NCl.